The van der Waals surface area contributed by atoms with Gasteiger partial charge in [-0.1, -0.05) is 53.5 Å². The highest BCUT2D eigenvalue weighted by Gasteiger charge is 2.20. The summed E-state index contributed by atoms with van der Waals surface area (Å²) in [7, 11) is 0. The van der Waals surface area contributed by atoms with E-state index >= 15 is 0 Å². The molecule has 6 nitrogen and oxygen atoms in total. The predicted molar refractivity (Wildman–Crippen MR) is 163 cm³/mol. The van der Waals surface area contributed by atoms with Gasteiger partial charge in [0.05, 0.1) is 5.02 Å². The number of anilines is 2. The monoisotopic (exact) mass is 571 g/mol. The molecule has 40 heavy (non-hydrogen) atoms. The average molecular weight is 572 g/mol. The maximum Gasteiger partial charge on any atom is 0.248 e. The van der Waals surface area contributed by atoms with Gasteiger partial charge in [0.1, 0.15) is 11.5 Å². The molecule has 1 saturated heterocycles. The van der Waals surface area contributed by atoms with E-state index in [0.717, 1.165) is 29.9 Å². The molecule has 202 valence electrons. The molecule has 0 aliphatic carbocycles. The van der Waals surface area contributed by atoms with E-state index in [4.69, 9.17) is 27.6 Å². The van der Waals surface area contributed by atoms with Gasteiger partial charge in [-0.15, -0.1) is 0 Å². The van der Waals surface area contributed by atoms with Crippen molar-refractivity contribution in [3.63, 3.8) is 0 Å². The number of amides is 2. The molecule has 1 aliphatic rings. The van der Waals surface area contributed by atoms with Crippen LogP contribution in [-0.4, -0.2) is 42.9 Å². The molecular formula is C32H27Cl2N3O3. The van der Waals surface area contributed by atoms with E-state index in [9.17, 15) is 9.59 Å². The summed E-state index contributed by atoms with van der Waals surface area (Å²) in [5.74, 6) is 0.867. The van der Waals surface area contributed by atoms with Crippen molar-refractivity contribution in [3.8, 4) is 11.3 Å². The van der Waals surface area contributed by atoms with Crippen molar-refractivity contribution in [2.24, 2.45) is 0 Å². The summed E-state index contributed by atoms with van der Waals surface area (Å²) in [6, 6.07) is 26.2. The molecule has 3 aromatic carbocycles. The third-order valence-electron chi connectivity index (χ3n) is 6.53. The van der Waals surface area contributed by atoms with Crippen molar-refractivity contribution in [1.29, 1.82) is 0 Å². The van der Waals surface area contributed by atoms with Crippen LogP contribution in [0.2, 0.25) is 10.0 Å². The Morgan fingerprint density at radius 2 is 1.55 bits per heavy atom. The lowest BCUT2D eigenvalue weighted by molar-refractivity contribution is -0.126. The second-order valence-corrected chi connectivity index (χ2v) is 10.1. The van der Waals surface area contributed by atoms with E-state index in [1.54, 1.807) is 42.5 Å². The zero-order valence-electron chi connectivity index (χ0n) is 21.6. The third-order valence-corrected chi connectivity index (χ3v) is 7.08. The fourth-order valence-electron chi connectivity index (χ4n) is 4.40. The van der Waals surface area contributed by atoms with Gasteiger partial charge < -0.3 is 19.5 Å². The molecule has 0 bridgehead atoms. The Hall–Kier alpha value is -4.26. The Balaban J connectivity index is 1.10. The fourth-order valence-corrected chi connectivity index (χ4v) is 4.90. The van der Waals surface area contributed by atoms with Crippen LogP contribution in [0.3, 0.4) is 0 Å². The predicted octanol–water partition coefficient (Wildman–Crippen LogP) is 7.27. The number of carbonyl (C=O) groups excluding carboxylic acids is 2. The first kappa shape index (κ1) is 27.3. The van der Waals surface area contributed by atoms with E-state index in [1.165, 1.54) is 6.08 Å². The number of hydrogen-bond donors (Lipinski definition) is 1. The Labute approximate surface area is 243 Å². The molecule has 0 unspecified atom stereocenters. The lowest BCUT2D eigenvalue weighted by Crippen LogP contribution is -2.48. The van der Waals surface area contributed by atoms with E-state index in [1.807, 2.05) is 65.6 Å². The van der Waals surface area contributed by atoms with Crippen molar-refractivity contribution in [2.75, 3.05) is 36.4 Å². The number of benzene rings is 3. The van der Waals surface area contributed by atoms with Crippen LogP contribution in [0.25, 0.3) is 23.5 Å². The summed E-state index contributed by atoms with van der Waals surface area (Å²) < 4.78 is 5.80. The molecule has 1 aromatic heterocycles. The lowest BCUT2D eigenvalue weighted by atomic mass is 10.2. The van der Waals surface area contributed by atoms with Gasteiger partial charge in [0.2, 0.25) is 11.8 Å². The van der Waals surface area contributed by atoms with Crippen molar-refractivity contribution in [3.05, 3.63) is 118 Å². The second-order valence-electron chi connectivity index (χ2n) is 9.25. The number of halogens is 2. The zero-order chi connectivity index (χ0) is 27.9. The number of nitrogens with one attached hydrogen (secondary N) is 1. The smallest absolute Gasteiger partial charge is 0.248 e. The molecule has 8 heteroatoms. The second kappa shape index (κ2) is 12.7. The SMILES string of the molecule is O=C(/C=C/c1ccc(-c2ccc(Cl)cc2Cl)o1)Nc1ccc(N2CCN(C(=O)/C=C/c3ccccc3)CC2)cc1. The minimum absolute atomic E-state index is 0.0224. The highest BCUT2D eigenvalue weighted by atomic mass is 35.5. The van der Waals surface area contributed by atoms with Crippen LogP contribution < -0.4 is 10.2 Å². The van der Waals surface area contributed by atoms with Gasteiger partial charge in [-0.05, 0) is 72.3 Å². The summed E-state index contributed by atoms with van der Waals surface area (Å²) in [6.07, 6.45) is 6.51. The topological polar surface area (TPSA) is 65.8 Å². The van der Waals surface area contributed by atoms with Crippen molar-refractivity contribution < 1.29 is 14.0 Å². The van der Waals surface area contributed by atoms with Gasteiger partial charge in [-0.3, -0.25) is 9.59 Å². The first-order valence-electron chi connectivity index (χ1n) is 12.9. The molecular weight excluding hydrogens is 545 g/mol. The maximum atomic E-state index is 12.6. The number of rotatable bonds is 7. The van der Waals surface area contributed by atoms with Gasteiger partial charge in [0.15, 0.2) is 0 Å². The van der Waals surface area contributed by atoms with Gasteiger partial charge >= 0.3 is 0 Å². The number of furan rings is 1. The molecule has 2 heterocycles. The molecule has 0 spiro atoms. The molecule has 5 rings (SSSR count). The quantitative estimate of drug-likeness (QED) is 0.237. The Morgan fingerprint density at radius 1 is 0.800 bits per heavy atom. The van der Waals surface area contributed by atoms with Crippen LogP contribution in [0.15, 0.2) is 101 Å². The molecule has 0 atom stereocenters. The van der Waals surface area contributed by atoms with E-state index in [2.05, 4.69) is 10.2 Å². The van der Waals surface area contributed by atoms with Crippen molar-refractivity contribution >= 4 is 58.5 Å². The summed E-state index contributed by atoms with van der Waals surface area (Å²) in [5, 5.41) is 3.90. The lowest BCUT2D eigenvalue weighted by Gasteiger charge is -2.35. The van der Waals surface area contributed by atoms with Crippen LogP contribution in [-0.2, 0) is 9.59 Å². The van der Waals surface area contributed by atoms with Gasteiger partial charge in [-0.2, -0.15) is 0 Å². The zero-order valence-corrected chi connectivity index (χ0v) is 23.1. The molecule has 4 aromatic rings. The molecule has 0 saturated carbocycles. The van der Waals surface area contributed by atoms with Crippen molar-refractivity contribution in [1.82, 2.24) is 4.90 Å². The number of piperazine rings is 1. The summed E-state index contributed by atoms with van der Waals surface area (Å²) in [5.41, 5.74) is 3.46. The Bertz CT molecular complexity index is 1540. The summed E-state index contributed by atoms with van der Waals surface area (Å²) in [6.45, 7) is 2.79. The number of nitrogens with zero attached hydrogens (tertiary/aromatic N) is 2. The fraction of sp³-hybridized carbons (Fsp3) is 0.125. The van der Waals surface area contributed by atoms with Gasteiger partial charge in [-0.25, -0.2) is 0 Å². The first-order chi connectivity index (χ1) is 19.4. The third kappa shape index (κ3) is 7.03. The standard InChI is InChI=1S/C32H27Cl2N3O3/c33-24-7-14-28(29(34)22-24)30-15-12-27(40-30)13-16-31(38)35-25-8-10-26(11-9-25)36-18-20-37(21-19-36)32(39)17-6-23-4-2-1-3-5-23/h1-17,22H,18-21H2,(H,35,38)/b16-13+,17-6+. The molecule has 1 aliphatic heterocycles. The maximum absolute atomic E-state index is 12.6. The van der Waals surface area contributed by atoms with E-state index < -0.39 is 0 Å². The highest BCUT2D eigenvalue weighted by Crippen LogP contribution is 2.31. The molecule has 1 fully saturated rings. The van der Waals surface area contributed by atoms with Gasteiger partial charge in [0, 0.05) is 60.3 Å². The summed E-state index contributed by atoms with van der Waals surface area (Å²) >= 11 is 12.2. The molecule has 2 amide bonds. The van der Waals surface area contributed by atoms with Crippen LogP contribution in [0.1, 0.15) is 11.3 Å². The minimum atomic E-state index is -0.272. The normalized spacial score (nSPS) is 13.8. The van der Waals surface area contributed by atoms with Crippen LogP contribution in [0, 0.1) is 0 Å². The summed E-state index contributed by atoms with van der Waals surface area (Å²) in [4.78, 5) is 29.1. The van der Waals surface area contributed by atoms with Crippen LogP contribution in [0.5, 0.6) is 0 Å². The van der Waals surface area contributed by atoms with Crippen LogP contribution >= 0.6 is 23.2 Å². The largest absolute Gasteiger partial charge is 0.457 e. The Morgan fingerprint density at radius 3 is 2.27 bits per heavy atom. The molecule has 1 N–H and O–H groups in total. The Kier molecular flexibility index (Phi) is 8.69. The first-order valence-corrected chi connectivity index (χ1v) is 13.6. The van der Waals surface area contributed by atoms with Crippen molar-refractivity contribution in [2.45, 2.75) is 0 Å². The van der Waals surface area contributed by atoms with E-state index in [-0.39, 0.29) is 11.8 Å². The average Bonchev–Trinajstić information content (AvgIpc) is 3.45. The minimum Gasteiger partial charge on any atom is -0.457 e. The highest BCUT2D eigenvalue weighted by molar-refractivity contribution is 6.36. The van der Waals surface area contributed by atoms with Gasteiger partial charge in [0.25, 0.3) is 0 Å². The molecule has 0 radical (unpaired) electrons. The van der Waals surface area contributed by atoms with Crippen LogP contribution in [0.4, 0.5) is 11.4 Å². The number of hydrogen-bond acceptors (Lipinski definition) is 4. The number of carbonyl (C=O) groups is 2. The van der Waals surface area contributed by atoms with E-state index in [0.29, 0.717) is 40.3 Å².